The van der Waals surface area contributed by atoms with Crippen LogP contribution in [-0.4, -0.2) is 28.5 Å². The van der Waals surface area contributed by atoms with Gasteiger partial charge in [-0.25, -0.2) is 4.98 Å². The molecule has 3 N–H and O–H groups in total. The Labute approximate surface area is 195 Å². The molecule has 0 radical (unpaired) electrons. The molecule has 0 bridgehead atoms. The highest BCUT2D eigenvalue weighted by Gasteiger charge is 2.11. The van der Waals surface area contributed by atoms with Gasteiger partial charge in [-0.3, -0.25) is 14.4 Å². The Morgan fingerprint density at radius 1 is 0.938 bits per heavy atom. The molecule has 166 valence electrons. The predicted octanol–water partition coefficient (Wildman–Crippen LogP) is 4.58. The fraction of sp³-hybridized carbons (Fsp3) is 0.217. The number of thiazole rings is 1. The van der Waals surface area contributed by atoms with E-state index in [0.717, 1.165) is 16.4 Å². The van der Waals surface area contributed by atoms with Gasteiger partial charge in [0.25, 0.3) is 0 Å². The van der Waals surface area contributed by atoms with E-state index in [1.54, 1.807) is 24.3 Å². The molecule has 1 aromatic heterocycles. The molecule has 2 aromatic carbocycles. The Morgan fingerprint density at radius 3 is 2.31 bits per heavy atom. The summed E-state index contributed by atoms with van der Waals surface area (Å²) in [6.07, 6.45) is 1.13. The number of carbonyl (C=O) groups is 3. The second kappa shape index (κ2) is 11.4. The first-order valence-electron chi connectivity index (χ1n) is 10.0. The van der Waals surface area contributed by atoms with Gasteiger partial charge in [0.15, 0.2) is 4.34 Å². The summed E-state index contributed by atoms with van der Waals surface area (Å²) in [6, 6.07) is 14.7. The van der Waals surface area contributed by atoms with Crippen LogP contribution in [0.15, 0.2) is 58.3 Å². The summed E-state index contributed by atoms with van der Waals surface area (Å²) in [5.74, 6) is -0.299. The van der Waals surface area contributed by atoms with Crippen molar-refractivity contribution in [2.75, 3.05) is 21.7 Å². The van der Waals surface area contributed by atoms with Crippen molar-refractivity contribution < 1.29 is 14.4 Å². The number of carbonyl (C=O) groups excluding carboxylic acids is 3. The zero-order valence-corrected chi connectivity index (χ0v) is 19.4. The number of nitrogens with zero attached hydrogens (tertiary/aromatic N) is 1. The molecule has 0 fully saturated rings. The summed E-state index contributed by atoms with van der Waals surface area (Å²) in [5.41, 5.74) is 3.87. The average molecular weight is 469 g/mol. The van der Waals surface area contributed by atoms with Gasteiger partial charge in [-0.05, 0) is 42.3 Å². The van der Waals surface area contributed by atoms with Gasteiger partial charge in [0.1, 0.15) is 0 Å². The van der Waals surface area contributed by atoms with Crippen LogP contribution in [0.3, 0.4) is 0 Å². The Bertz CT molecular complexity index is 1100. The van der Waals surface area contributed by atoms with E-state index in [2.05, 4.69) is 27.9 Å². The number of anilines is 3. The Kier molecular flexibility index (Phi) is 8.41. The van der Waals surface area contributed by atoms with E-state index in [1.807, 2.05) is 29.6 Å². The maximum Gasteiger partial charge on any atom is 0.234 e. The number of hydrogen-bond acceptors (Lipinski definition) is 6. The molecule has 0 unspecified atom stereocenters. The highest BCUT2D eigenvalue weighted by Crippen LogP contribution is 2.24. The molecule has 0 saturated heterocycles. The first-order valence-corrected chi connectivity index (χ1v) is 11.9. The molecule has 1 heterocycles. The van der Waals surface area contributed by atoms with Gasteiger partial charge in [-0.1, -0.05) is 36.9 Å². The summed E-state index contributed by atoms with van der Waals surface area (Å²) < 4.78 is 0.724. The van der Waals surface area contributed by atoms with Crippen LogP contribution in [0.4, 0.5) is 17.1 Å². The van der Waals surface area contributed by atoms with Crippen molar-refractivity contribution in [2.24, 2.45) is 0 Å². The molecule has 3 rings (SSSR count). The molecule has 0 spiro atoms. The monoisotopic (exact) mass is 468 g/mol. The third-order valence-corrected chi connectivity index (χ3v) is 6.38. The summed E-state index contributed by atoms with van der Waals surface area (Å²) in [5, 5.41) is 10.2. The van der Waals surface area contributed by atoms with Crippen LogP contribution in [-0.2, 0) is 27.2 Å². The van der Waals surface area contributed by atoms with E-state index < -0.39 is 0 Å². The van der Waals surface area contributed by atoms with Crippen molar-refractivity contribution in [1.29, 1.82) is 0 Å². The lowest BCUT2D eigenvalue weighted by Gasteiger charge is -2.07. The molecule has 0 aliphatic heterocycles. The van der Waals surface area contributed by atoms with Crippen molar-refractivity contribution in [2.45, 2.75) is 31.0 Å². The van der Waals surface area contributed by atoms with E-state index in [-0.39, 0.29) is 29.9 Å². The Hall–Kier alpha value is -3.17. The standard InChI is InChI=1S/C23H24N4O3S2/c1-3-16-7-9-17(10-8-16)25-21(29)12-20-13-31-23(27-20)32-14-22(30)26-19-6-4-5-18(11-19)24-15(2)28/h4-11,13H,3,12,14H2,1-2H3,(H,24,28)(H,25,29)(H,26,30). The molecular weight excluding hydrogens is 444 g/mol. The third-order valence-electron chi connectivity index (χ3n) is 4.31. The summed E-state index contributed by atoms with van der Waals surface area (Å²) >= 11 is 2.72. The van der Waals surface area contributed by atoms with Gasteiger partial charge >= 0.3 is 0 Å². The van der Waals surface area contributed by atoms with Crippen LogP contribution in [0.25, 0.3) is 0 Å². The van der Waals surface area contributed by atoms with Crippen LogP contribution < -0.4 is 16.0 Å². The average Bonchev–Trinajstić information content (AvgIpc) is 3.19. The largest absolute Gasteiger partial charge is 0.326 e. The predicted molar refractivity (Wildman–Crippen MR) is 130 cm³/mol. The maximum atomic E-state index is 12.3. The number of amides is 3. The second-order valence-corrected chi connectivity index (χ2v) is 9.06. The van der Waals surface area contributed by atoms with Crippen molar-refractivity contribution in [3.8, 4) is 0 Å². The van der Waals surface area contributed by atoms with Gasteiger partial charge < -0.3 is 16.0 Å². The van der Waals surface area contributed by atoms with E-state index in [0.29, 0.717) is 17.1 Å². The lowest BCUT2D eigenvalue weighted by atomic mass is 10.1. The van der Waals surface area contributed by atoms with Crippen LogP contribution in [0.2, 0.25) is 0 Å². The molecule has 0 aliphatic rings. The lowest BCUT2D eigenvalue weighted by Crippen LogP contribution is -2.15. The summed E-state index contributed by atoms with van der Waals surface area (Å²) in [7, 11) is 0. The van der Waals surface area contributed by atoms with Crippen molar-refractivity contribution in [1.82, 2.24) is 4.98 Å². The van der Waals surface area contributed by atoms with Gasteiger partial charge in [-0.15, -0.1) is 11.3 Å². The zero-order valence-electron chi connectivity index (χ0n) is 17.8. The topological polar surface area (TPSA) is 100 Å². The highest BCUT2D eigenvalue weighted by atomic mass is 32.2. The first kappa shape index (κ1) is 23.5. The number of aryl methyl sites for hydroxylation is 1. The van der Waals surface area contributed by atoms with E-state index in [1.165, 1.54) is 35.6 Å². The Balaban J connectivity index is 1.45. The number of aromatic nitrogens is 1. The minimum absolute atomic E-state index is 0.132. The van der Waals surface area contributed by atoms with Crippen molar-refractivity contribution >= 4 is 57.9 Å². The van der Waals surface area contributed by atoms with Crippen molar-refractivity contribution in [3.05, 3.63) is 65.2 Å². The van der Waals surface area contributed by atoms with Gasteiger partial charge in [0.2, 0.25) is 17.7 Å². The normalized spacial score (nSPS) is 10.4. The molecule has 0 aliphatic carbocycles. The van der Waals surface area contributed by atoms with Crippen LogP contribution >= 0.6 is 23.1 Å². The zero-order chi connectivity index (χ0) is 22.9. The quantitative estimate of drug-likeness (QED) is 0.399. The molecule has 7 nitrogen and oxygen atoms in total. The van der Waals surface area contributed by atoms with E-state index >= 15 is 0 Å². The molecule has 3 aromatic rings. The van der Waals surface area contributed by atoms with Crippen LogP contribution in [0.5, 0.6) is 0 Å². The third kappa shape index (κ3) is 7.51. The first-order chi connectivity index (χ1) is 15.4. The van der Waals surface area contributed by atoms with Gasteiger partial charge in [0.05, 0.1) is 17.9 Å². The fourth-order valence-electron chi connectivity index (χ4n) is 2.83. The van der Waals surface area contributed by atoms with E-state index in [9.17, 15) is 14.4 Å². The van der Waals surface area contributed by atoms with Gasteiger partial charge in [0, 0.05) is 29.4 Å². The molecular formula is C23H24N4O3S2. The minimum Gasteiger partial charge on any atom is -0.326 e. The molecule has 3 amide bonds. The maximum absolute atomic E-state index is 12.3. The molecule has 32 heavy (non-hydrogen) atoms. The SMILES string of the molecule is CCc1ccc(NC(=O)Cc2csc(SCC(=O)Nc3cccc(NC(C)=O)c3)n2)cc1. The number of nitrogens with one attached hydrogen (secondary N) is 3. The highest BCUT2D eigenvalue weighted by molar-refractivity contribution is 8.01. The number of thioether (sulfide) groups is 1. The second-order valence-electron chi connectivity index (χ2n) is 6.98. The number of benzene rings is 2. The van der Waals surface area contributed by atoms with E-state index in [4.69, 9.17) is 0 Å². The molecule has 0 saturated carbocycles. The summed E-state index contributed by atoms with van der Waals surface area (Å²) in [6.45, 7) is 3.51. The van der Waals surface area contributed by atoms with Crippen LogP contribution in [0, 0.1) is 0 Å². The molecule has 9 heteroatoms. The fourth-order valence-corrected chi connectivity index (χ4v) is 4.48. The summed E-state index contributed by atoms with van der Waals surface area (Å²) in [4.78, 5) is 40.1. The van der Waals surface area contributed by atoms with Crippen LogP contribution in [0.1, 0.15) is 25.1 Å². The smallest absolute Gasteiger partial charge is 0.234 e. The lowest BCUT2D eigenvalue weighted by molar-refractivity contribution is -0.116. The number of hydrogen-bond donors (Lipinski definition) is 3. The minimum atomic E-state index is -0.181. The molecule has 0 atom stereocenters. The number of rotatable bonds is 9. The Morgan fingerprint density at radius 2 is 1.62 bits per heavy atom. The van der Waals surface area contributed by atoms with Gasteiger partial charge in [-0.2, -0.15) is 0 Å². The van der Waals surface area contributed by atoms with Crippen molar-refractivity contribution in [3.63, 3.8) is 0 Å².